The molecule has 3 aromatic heterocycles. The summed E-state index contributed by atoms with van der Waals surface area (Å²) in [4.78, 5) is 47.2. The molecule has 1 saturated heterocycles. The number of carboxylic acids is 1. The van der Waals surface area contributed by atoms with Crippen LogP contribution in [0.5, 0.6) is 0 Å². The molecule has 4 aromatic rings. The lowest BCUT2D eigenvalue weighted by molar-refractivity contribution is 0.0513. The van der Waals surface area contributed by atoms with Gasteiger partial charge in [0.1, 0.15) is 17.0 Å². The molecule has 0 bridgehead atoms. The molecule has 1 aromatic carbocycles. The minimum Gasteiger partial charge on any atom is -0.478 e. The van der Waals surface area contributed by atoms with Crippen LogP contribution in [0.25, 0.3) is 22.2 Å². The van der Waals surface area contributed by atoms with Crippen LogP contribution in [-0.2, 0) is 6.42 Å². The first-order chi connectivity index (χ1) is 18.2. The Hall–Kier alpha value is -4.27. The standard InChI is InChI=1S/C29H29N5O4/c1-17(2)34-25-20(16-31-34)14-29(15-24(25)35)8-11-33(12-9-29)27(36)23-13-22-21(7-10-30-26(22)32-23)18-3-5-19(6-4-18)28(37)38/h3-7,10,13,16-17H,8-9,11-12,14-15H2,1-2H3,(H,30,32)(H,37,38). The number of H-pyrrole nitrogens is 1. The summed E-state index contributed by atoms with van der Waals surface area (Å²) in [6, 6.07) is 10.5. The lowest BCUT2D eigenvalue weighted by atomic mass is 9.67. The molecule has 6 rings (SSSR count). The second-order valence-electron chi connectivity index (χ2n) is 10.8. The van der Waals surface area contributed by atoms with Crippen LogP contribution in [0, 0.1) is 5.41 Å². The Balaban J connectivity index is 1.20. The fraction of sp³-hybridized carbons (Fsp3) is 0.345. The third kappa shape index (κ3) is 3.98. The molecular weight excluding hydrogens is 482 g/mol. The zero-order valence-corrected chi connectivity index (χ0v) is 21.4. The predicted octanol–water partition coefficient (Wildman–Crippen LogP) is 4.76. The van der Waals surface area contributed by atoms with Gasteiger partial charge in [0.25, 0.3) is 5.91 Å². The van der Waals surface area contributed by atoms with Crippen molar-refractivity contribution in [3.8, 4) is 11.1 Å². The van der Waals surface area contributed by atoms with E-state index in [1.807, 2.05) is 41.8 Å². The van der Waals surface area contributed by atoms with E-state index in [1.165, 1.54) is 0 Å². The molecule has 0 unspecified atom stereocenters. The van der Waals surface area contributed by atoms with Crippen LogP contribution in [0.1, 0.15) is 76.1 Å². The van der Waals surface area contributed by atoms with Gasteiger partial charge in [0, 0.05) is 42.7 Å². The van der Waals surface area contributed by atoms with E-state index in [0.717, 1.165) is 47.0 Å². The third-order valence-electron chi connectivity index (χ3n) is 8.04. The summed E-state index contributed by atoms with van der Waals surface area (Å²) in [5, 5.41) is 14.5. The lowest BCUT2D eigenvalue weighted by Crippen LogP contribution is -2.46. The number of carbonyl (C=O) groups excluding carboxylic acids is 2. The van der Waals surface area contributed by atoms with Gasteiger partial charge < -0.3 is 15.0 Å². The normalized spacial score (nSPS) is 16.8. The molecule has 1 spiro atoms. The van der Waals surface area contributed by atoms with E-state index in [1.54, 1.807) is 30.5 Å². The second kappa shape index (κ2) is 8.93. The van der Waals surface area contributed by atoms with Crippen LogP contribution in [-0.4, -0.2) is 60.5 Å². The summed E-state index contributed by atoms with van der Waals surface area (Å²) in [7, 11) is 0. The summed E-state index contributed by atoms with van der Waals surface area (Å²) in [6.45, 7) is 5.25. The molecule has 9 heteroatoms. The van der Waals surface area contributed by atoms with Crippen molar-refractivity contribution < 1.29 is 19.5 Å². The Morgan fingerprint density at radius 3 is 2.50 bits per heavy atom. The second-order valence-corrected chi connectivity index (χ2v) is 10.8. The average molecular weight is 512 g/mol. The van der Waals surface area contributed by atoms with Gasteiger partial charge in [-0.2, -0.15) is 5.10 Å². The molecule has 2 N–H and O–H groups in total. The first-order valence-electron chi connectivity index (χ1n) is 12.9. The van der Waals surface area contributed by atoms with E-state index < -0.39 is 5.97 Å². The quantitative estimate of drug-likeness (QED) is 0.408. The number of rotatable bonds is 4. The highest BCUT2D eigenvalue weighted by Gasteiger charge is 2.43. The number of aromatic nitrogens is 4. The maximum absolute atomic E-state index is 13.5. The van der Waals surface area contributed by atoms with Crippen molar-refractivity contribution in [2.24, 2.45) is 5.41 Å². The van der Waals surface area contributed by atoms with Crippen molar-refractivity contribution in [2.75, 3.05) is 13.1 Å². The van der Waals surface area contributed by atoms with Crippen molar-refractivity contribution >= 4 is 28.7 Å². The summed E-state index contributed by atoms with van der Waals surface area (Å²) < 4.78 is 1.84. The third-order valence-corrected chi connectivity index (χ3v) is 8.04. The van der Waals surface area contributed by atoms with E-state index in [9.17, 15) is 19.5 Å². The zero-order valence-electron chi connectivity index (χ0n) is 21.4. The van der Waals surface area contributed by atoms with Crippen molar-refractivity contribution in [3.05, 3.63) is 71.3 Å². The fourth-order valence-electron chi connectivity index (χ4n) is 6.01. The first-order valence-corrected chi connectivity index (χ1v) is 12.9. The molecule has 9 nitrogen and oxygen atoms in total. The number of fused-ring (bicyclic) bond motifs is 2. The van der Waals surface area contributed by atoms with Crippen molar-refractivity contribution in [1.82, 2.24) is 24.6 Å². The molecule has 0 saturated carbocycles. The number of aromatic carboxylic acids is 1. The smallest absolute Gasteiger partial charge is 0.335 e. The molecule has 1 fully saturated rings. The number of nitrogens with one attached hydrogen (secondary N) is 1. The summed E-state index contributed by atoms with van der Waals surface area (Å²) >= 11 is 0. The average Bonchev–Trinajstić information content (AvgIpc) is 3.53. The molecule has 1 aliphatic heterocycles. The van der Waals surface area contributed by atoms with E-state index in [2.05, 4.69) is 15.1 Å². The first kappa shape index (κ1) is 24.1. The van der Waals surface area contributed by atoms with Crippen LogP contribution in [0.4, 0.5) is 0 Å². The maximum Gasteiger partial charge on any atom is 0.335 e. The Labute approximate surface area is 219 Å². The maximum atomic E-state index is 13.5. The van der Waals surface area contributed by atoms with Gasteiger partial charge in [-0.3, -0.25) is 14.3 Å². The number of hydrogen-bond donors (Lipinski definition) is 2. The monoisotopic (exact) mass is 511 g/mol. The number of piperidine rings is 1. The molecule has 1 aliphatic carbocycles. The van der Waals surface area contributed by atoms with Crippen molar-refractivity contribution in [1.29, 1.82) is 0 Å². The number of Topliss-reactive ketones (excluding diaryl/α,β-unsaturated/α-hetero) is 1. The molecule has 0 radical (unpaired) electrons. The van der Waals surface area contributed by atoms with Crippen molar-refractivity contribution in [2.45, 2.75) is 45.6 Å². The summed E-state index contributed by atoms with van der Waals surface area (Å²) in [6.07, 6.45) is 6.39. The van der Waals surface area contributed by atoms with Crippen LogP contribution < -0.4 is 0 Å². The van der Waals surface area contributed by atoms with E-state index in [0.29, 0.717) is 30.9 Å². The molecule has 1 amide bonds. The zero-order chi connectivity index (χ0) is 26.6. The number of nitrogens with zero attached hydrogens (tertiary/aromatic N) is 4. The highest BCUT2D eigenvalue weighted by atomic mass is 16.4. The number of benzene rings is 1. The van der Waals surface area contributed by atoms with Crippen LogP contribution in [0.2, 0.25) is 0 Å². The van der Waals surface area contributed by atoms with Gasteiger partial charge in [0.15, 0.2) is 5.78 Å². The molecular formula is C29H29N5O4. The predicted molar refractivity (Wildman–Crippen MR) is 141 cm³/mol. The molecule has 194 valence electrons. The van der Waals surface area contributed by atoms with Crippen LogP contribution >= 0.6 is 0 Å². The Bertz CT molecular complexity index is 1570. The number of aromatic amines is 1. The van der Waals surface area contributed by atoms with Gasteiger partial charge in [0.05, 0.1) is 11.8 Å². The van der Waals surface area contributed by atoms with Gasteiger partial charge in [-0.05, 0) is 73.9 Å². The number of carboxylic acid groups (broad SMARTS) is 1. The fourth-order valence-corrected chi connectivity index (χ4v) is 6.01. The molecule has 0 atom stereocenters. The van der Waals surface area contributed by atoms with Gasteiger partial charge >= 0.3 is 5.97 Å². The SMILES string of the molecule is CC(C)n1ncc2c1C(=O)CC1(CCN(C(=O)c3cc4c(-c5ccc(C(=O)O)cc5)ccnc4[nH]3)CC1)C2. The van der Waals surface area contributed by atoms with E-state index >= 15 is 0 Å². The van der Waals surface area contributed by atoms with Gasteiger partial charge in [-0.25, -0.2) is 9.78 Å². The molecule has 38 heavy (non-hydrogen) atoms. The number of ketones is 1. The van der Waals surface area contributed by atoms with Gasteiger partial charge in [-0.1, -0.05) is 12.1 Å². The van der Waals surface area contributed by atoms with Crippen LogP contribution in [0.3, 0.4) is 0 Å². The Morgan fingerprint density at radius 1 is 1.08 bits per heavy atom. The number of likely N-dealkylation sites (tertiary alicyclic amines) is 1. The number of hydrogen-bond acceptors (Lipinski definition) is 5. The highest BCUT2D eigenvalue weighted by Crippen LogP contribution is 2.44. The summed E-state index contributed by atoms with van der Waals surface area (Å²) in [5.74, 6) is -0.902. The van der Waals surface area contributed by atoms with Crippen LogP contribution in [0.15, 0.2) is 48.8 Å². The van der Waals surface area contributed by atoms with Gasteiger partial charge in [0.2, 0.25) is 0 Å². The molecule has 4 heterocycles. The van der Waals surface area contributed by atoms with E-state index in [-0.39, 0.29) is 28.7 Å². The Kier molecular flexibility index (Phi) is 5.66. The minimum absolute atomic E-state index is 0.0829. The number of carbonyl (C=O) groups is 3. The summed E-state index contributed by atoms with van der Waals surface area (Å²) in [5.41, 5.74) is 4.68. The number of pyridine rings is 1. The topological polar surface area (TPSA) is 121 Å². The Morgan fingerprint density at radius 2 is 1.82 bits per heavy atom. The largest absolute Gasteiger partial charge is 0.478 e. The molecule has 2 aliphatic rings. The van der Waals surface area contributed by atoms with Crippen molar-refractivity contribution in [3.63, 3.8) is 0 Å². The lowest BCUT2D eigenvalue weighted by Gasteiger charge is -2.43. The van der Waals surface area contributed by atoms with E-state index in [4.69, 9.17) is 0 Å². The van der Waals surface area contributed by atoms with Gasteiger partial charge in [-0.15, -0.1) is 0 Å². The minimum atomic E-state index is -0.974. The highest BCUT2D eigenvalue weighted by molar-refractivity contribution is 6.02. The number of amides is 1.